The van der Waals surface area contributed by atoms with Gasteiger partial charge in [-0.15, -0.1) is 11.3 Å². The van der Waals surface area contributed by atoms with Crippen molar-refractivity contribution in [3.63, 3.8) is 0 Å². The standard InChI is InChI=1S/C20H25N5O3S/c1-13-7-9-20(10-8-13)18(27)25(19(28)22-20)23-16(26)11-24(2)12-17-21-14-5-3-4-6-15(14)29-17/h3-6,13H,7-12H2,1-2H3,(H,22,28)(H,23,26)/p+1. The van der Waals surface area contributed by atoms with Gasteiger partial charge in [0, 0.05) is 0 Å². The van der Waals surface area contributed by atoms with E-state index in [2.05, 4.69) is 22.7 Å². The maximum absolute atomic E-state index is 12.8. The number of likely N-dealkylation sites (N-methyl/N-ethyl adjacent to an activating group) is 1. The fourth-order valence-corrected chi connectivity index (χ4v) is 5.15. The minimum Gasteiger partial charge on any atom is -0.324 e. The minimum absolute atomic E-state index is 0.136. The molecule has 1 aliphatic heterocycles. The van der Waals surface area contributed by atoms with Gasteiger partial charge in [0.05, 0.1) is 17.3 Å². The Morgan fingerprint density at radius 3 is 2.79 bits per heavy atom. The van der Waals surface area contributed by atoms with Crippen molar-refractivity contribution in [3.8, 4) is 0 Å². The molecule has 1 spiro atoms. The number of hydrogen-bond acceptors (Lipinski definition) is 5. The van der Waals surface area contributed by atoms with Crippen molar-refractivity contribution in [2.75, 3.05) is 13.6 Å². The summed E-state index contributed by atoms with van der Waals surface area (Å²) in [6, 6.07) is 7.39. The lowest BCUT2D eigenvalue weighted by atomic mass is 9.77. The summed E-state index contributed by atoms with van der Waals surface area (Å²) in [6.45, 7) is 2.88. The number of hydrazine groups is 1. The zero-order valence-electron chi connectivity index (χ0n) is 16.7. The van der Waals surface area contributed by atoms with Crippen LogP contribution < -0.4 is 15.6 Å². The summed E-state index contributed by atoms with van der Waals surface area (Å²) in [7, 11) is 1.89. The second-order valence-electron chi connectivity index (χ2n) is 8.26. The van der Waals surface area contributed by atoms with Crippen LogP contribution in [0.1, 0.15) is 37.6 Å². The lowest BCUT2D eigenvalue weighted by Crippen LogP contribution is -3.09. The largest absolute Gasteiger partial charge is 0.344 e. The number of imide groups is 1. The Morgan fingerprint density at radius 2 is 2.07 bits per heavy atom. The first-order valence-corrected chi connectivity index (χ1v) is 10.8. The number of urea groups is 1. The summed E-state index contributed by atoms with van der Waals surface area (Å²) in [6.07, 6.45) is 3.02. The second kappa shape index (κ2) is 7.72. The molecule has 2 aliphatic rings. The summed E-state index contributed by atoms with van der Waals surface area (Å²) < 4.78 is 1.12. The molecule has 1 saturated heterocycles. The van der Waals surface area contributed by atoms with Crippen LogP contribution in [0.2, 0.25) is 0 Å². The predicted molar refractivity (Wildman–Crippen MR) is 109 cm³/mol. The van der Waals surface area contributed by atoms with Crippen molar-refractivity contribution < 1.29 is 19.3 Å². The van der Waals surface area contributed by atoms with Gasteiger partial charge in [0.25, 0.3) is 11.8 Å². The zero-order valence-corrected chi connectivity index (χ0v) is 17.5. The number of amides is 4. The van der Waals surface area contributed by atoms with Crippen molar-refractivity contribution >= 4 is 39.4 Å². The molecule has 2 fully saturated rings. The highest BCUT2D eigenvalue weighted by molar-refractivity contribution is 7.18. The van der Waals surface area contributed by atoms with Gasteiger partial charge in [-0.25, -0.2) is 9.78 Å². The molecule has 1 aromatic carbocycles. The molecule has 0 bridgehead atoms. The molecule has 3 N–H and O–H groups in total. The fraction of sp³-hybridized carbons (Fsp3) is 0.500. The minimum atomic E-state index is -0.851. The summed E-state index contributed by atoms with van der Waals surface area (Å²) >= 11 is 1.61. The first-order valence-electron chi connectivity index (χ1n) is 9.98. The number of fused-ring (bicyclic) bond motifs is 1. The first-order chi connectivity index (χ1) is 13.9. The lowest BCUT2D eigenvalue weighted by molar-refractivity contribution is -0.885. The molecule has 9 heteroatoms. The number of quaternary nitrogens is 1. The third-order valence-corrected chi connectivity index (χ3v) is 6.82. The van der Waals surface area contributed by atoms with Gasteiger partial charge in [-0.2, -0.15) is 5.01 Å². The average molecular weight is 417 g/mol. The summed E-state index contributed by atoms with van der Waals surface area (Å²) in [5, 5.41) is 4.62. The van der Waals surface area contributed by atoms with E-state index in [-0.39, 0.29) is 18.4 Å². The zero-order chi connectivity index (χ0) is 20.6. The van der Waals surface area contributed by atoms with Gasteiger partial charge in [0.2, 0.25) is 0 Å². The third kappa shape index (κ3) is 3.97. The van der Waals surface area contributed by atoms with Crippen LogP contribution in [0.25, 0.3) is 10.2 Å². The van der Waals surface area contributed by atoms with Gasteiger partial charge in [-0.05, 0) is 43.7 Å². The number of para-hydroxylation sites is 1. The Bertz CT molecular complexity index is 917. The van der Waals surface area contributed by atoms with Crippen molar-refractivity contribution in [1.82, 2.24) is 20.7 Å². The Kier molecular flexibility index (Phi) is 5.26. The van der Waals surface area contributed by atoms with Crippen LogP contribution in [0.4, 0.5) is 4.79 Å². The Morgan fingerprint density at radius 1 is 1.34 bits per heavy atom. The fourth-order valence-electron chi connectivity index (χ4n) is 4.07. The Balaban J connectivity index is 1.34. The first kappa shape index (κ1) is 19.8. The molecule has 0 radical (unpaired) electrons. The molecule has 8 nitrogen and oxygen atoms in total. The van der Waals surface area contributed by atoms with E-state index in [4.69, 9.17) is 0 Å². The topological polar surface area (TPSA) is 95.8 Å². The molecule has 29 heavy (non-hydrogen) atoms. The number of carbonyl (C=O) groups excluding carboxylic acids is 3. The number of nitrogens with zero attached hydrogens (tertiary/aromatic N) is 2. The molecule has 2 aromatic rings. The highest BCUT2D eigenvalue weighted by Gasteiger charge is 2.53. The van der Waals surface area contributed by atoms with Gasteiger partial charge in [-0.3, -0.25) is 15.0 Å². The van der Waals surface area contributed by atoms with Crippen LogP contribution in [-0.4, -0.2) is 47.0 Å². The van der Waals surface area contributed by atoms with E-state index in [1.54, 1.807) is 11.3 Å². The van der Waals surface area contributed by atoms with Crippen molar-refractivity contribution in [2.45, 2.75) is 44.7 Å². The number of hydrogen-bond donors (Lipinski definition) is 3. The van der Waals surface area contributed by atoms with E-state index in [1.807, 2.05) is 31.3 Å². The van der Waals surface area contributed by atoms with Gasteiger partial charge < -0.3 is 10.2 Å². The Hall–Kier alpha value is -2.52. The van der Waals surface area contributed by atoms with Crippen LogP contribution in [0.15, 0.2) is 24.3 Å². The van der Waals surface area contributed by atoms with Gasteiger partial charge in [0.15, 0.2) is 6.54 Å². The van der Waals surface area contributed by atoms with Crippen molar-refractivity contribution in [1.29, 1.82) is 0 Å². The van der Waals surface area contributed by atoms with Crippen LogP contribution in [0.5, 0.6) is 0 Å². The molecule has 154 valence electrons. The second-order valence-corrected chi connectivity index (χ2v) is 9.37. The number of nitrogens with one attached hydrogen (secondary N) is 3. The maximum Gasteiger partial charge on any atom is 0.344 e. The third-order valence-electron chi connectivity index (χ3n) is 5.78. The molecular formula is C20H26N5O3S+. The van der Waals surface area contributed by atoms with E-state index >= 15 is 0 Å². The lowest BCUT2D eigenvalue weighted by Gasteiger charge is -2.33. The summed E-state index contributed by atoms with van der Waals surface area (Å²) in [4.78, 5) is 43.1. The highest BCUT2D eigenvalue weighted by atomic mass is 32.1. The van der Waals surface area contributed by atoms with Gasteiger partial charge in [-0.1, -0.05) is 19.1 Å². The van der Waals surface area contributed by atoms with E-state index in [0.717, 1.165) is 38.0 Å². The molecule has 4 amide bonds. The number of rotatable bonds is 5. The molecule has 1 unspecified atom stereocenters. The SMILES string of the molecule is CC1CCC2(CC1)NC(=O)N(NC(=O)C[NH+](C)Cc1nc3ccccc3s1)C2=O. The average Bonchev–Trinajstić information content (AvgIpc) is 3.18. The van der Waals surface area contributed by atoms with Crippen molar-refractivity contribution in [2.24, 2.45) is 5.92 Å². The molecule has 4 rings (SSSR count). The van der Waals surface area contributed by atoms with Crippen molar-refractivity contribution in [3.05, 3.63) is 29.3 Å². The predicted octanol–water partition coefficient (Wildman–Crippen LogP) is 0.843. The maximum atomic E-state index is 12.8. The molecule has 1 aliphatic carbocycles. The monoisotopic (exact) mass is 416 g/mol. The van der Waals surface area contributed by atoms with Gasteiger partial charge in [0.1, 0.15) is 17.1 Å². The number of benzene rings is 1. The van der Waals surface area contributed by atoms with E-state index < -0.39 is 11.6 Å². The molecule has 1 aromatic heterocycles. The van der Waals surface area contributed by atoms with E-state index in [9.17, 15) is 14.4 Å². The number of thiazole rings is 1. The summed E-state index contributed by atoms with van der Waals surface area (Å²) in [5.74, 6) is -0.159. The normalized spacial score (nSPS) is 25.4. The van der Waals surface area contributed by atoms with Gasteiger partial charge >= 0.3 is 6.03 Å². The summed E-state index contributed by atoms with van der Waals surface area (Å²) in [5.41, 5.74) is 2.60. The van der Waals surface area contributed by atoms with Crippen LogP contribution in [-0.2, 0) is 16.1 Å². The smallest absolute Gasteiger partial charge is 0.324 e. The van der Waals surface area contributed by atoms with E-state index in [1.165, 1.54) is 0 Å². The molecule has 2 heterocycles. The molecular weight excluding hydrogens is 390 g/mol. The Labute approximate surface area is 173 Å². The molecule has 1 atom stereocenters. The van der Waals surface area contributed by atoms with Crippen LogP contribution >= 0.6 is 11.3 Å². The molecule has 1 saturated carbocycles. The quantitative estimate of drug-likeness (QED) is 0.630. The van der Waals surface area contributed by atoms with E-state index in [0.29, 0.717) is 25.3 Å². The van der Waals surface area contributed by atoms with Crippen LogP contribution in [0.3, 0.4) is 0 Å². The number of aromatic nitrogens is 1. The van der Waals surface area contributed by atoms with Crippen LogP contribution in [0, 0.1) is 5.92 Å². The number of carbonyl (C=O) groups is 3. The highest BCUT2D eigenvalue weighted by Crippen LogP contribution is 2.35.